The number of allylic oxidation sites excluding steroid dienone is 9. The van der Waals surface area contributed by atoms with Crippen molar-refractivity contribution < 1.29 is 9.53 Å². The van der Waals surface area contributed by atoms with Crippen molar-refractivity contribution in [3.8, 4) is 0 Å². The summed E-state index contributed by atoms with van der Waals surface area (Å²) in [5.41, 5.74) is 4.98. The first-order valence-corrected chi connectivity index (χ1v) is 9.72. The summed E-state index contributed by atoms with van der Waals surface area (Å²) in [5, 5.41) is 0. The lowest BCUT2D eigenvalue weighted by Crippen LogP contribution is -2.25. The summed E-state index contributed by atoms with van der Waals surface area (Å²) in [6.45, 7) is 10.8. The molecule has 1 unspecified atom stereocenters. The van der Waals surface area contributed by atoms with Gasteiger partial charge in [0.1, 0.15) is 0 Å². The number of carbonyl (C=O) groups is 1. The predicted octanol–water partition coefficient (Wildman–Crippen LogP) is 5.74. The van der Waals surface area contributed by atoms with Crippen LogP contribution in [0.5, 0.6) is 0 Å². The molecular weight excluding hydrogens is 348 g/mol. The first-order chi connectivity index (χ1) is 13.2. The topological polar surface area (TPSA) is 44.1 Å². The zero-order chi connectivity index (χ0) is 20.7. The van der Waals surface area contributed by atoms with Crippen molar-refractivity contribution in [3.05, 3.63) is 77.5 Å². The number of rotatable bonds is 6. The number of hydrogen-bond acceptors (Lipinski definition) is 3. The fourth-order valence-corrected chi connectivity index (χ4v) is 3.66. The molecule has 0 radical (unpaired) electrons. The van der Waals surface area contributed by atoms with Crippen LogP contribution in [0.2, 0.25) is 0 Å². The minimum absolute atomic E-state index is 0.160. The molecule has 1 atom stereocenters. The minimum Gasteiger partial charge on any atom is -0.466 e. The van der Waals surface area contributed by atoms with E-state index in [1.807, 2.05) is 43.9 Å². The van der Waals surface area contributed by atoms with E-state index in [4.69, 9.17) is 0 Å². The maximum atomic E-state index is 11.2. The first-order valence-electron chi connectivity index (χ1n) is 9.72. The fraction of sp³-hybridized carbons (Fsp3) is 0.417. The van der Waals surface area contributed by atoms with Gasteiger partial charge in [-0.05, 0) is 55.7 Å². The molecule has 1 heterocycles. The van der Waals surface area contributed by atoms with E-state index in [0.717, 1.165) is 24.0 Å². The van der Waals surface area contributed by atoms with Gasteiger partial charge >= 0.3 is 5.97 Å². The molecule has 2 rings (SSSR count). The van der Waals surface area contributed by atoms with Crippen LogP contribution in [0.3, 0.4) is 0 Å². The second-order valence-corrected chi connectivity index (χ2v) is 8.06. The van der Waals surface area contributed by atoms with Crippen LogP contribution in [0.1, 0.15) is 53.5 Å². The standard InChI is InChI=1S/C24H32N2O2/c1-18(8-7-9-19(2)16-23(27)28-6)10-11-21-20(3)22(12-13-24(21,4)5)26-15-14-25-17-26/h7-11,14-17,22H,12-13H2,1-6H3/b9-7+,11-10+,18-8+,19-16-. The summed E-state index contributed by atoms with van der Waals surface area (Å²) in [5.74, 6) is -0.336. The average Bonchev–Trinajstić information content (AvgIpc) is 3.15. The highest BCUT2D eigenvalue weighted by Gasteiger charge is 2.32. The number of esters is 1. The molecule has 1 aromatic rings. The summed E-state index contributed by atoms with van der Waals surface area (Å²) < 4.78 is 6.84. The summed E-state index contributed by atoms with van der Waals surface area (Å²) in [7, 11) is 1.38. The number of methoxy groups -OCH3 is 1. The molecule has 0 amide bonds. The quantitative estimate of drug-likeness (QED) is 0.359. The molecule has 4 nitrogen and oxygen atoms in total. The van der Waals surface area contributed by atoms with Gasteiger partial charge in [-0.2, -0.15) is 0 Å². The minimum atomic E-state index is -0.336. The lowest BCUT2D eigenvalue weighted by Gasteiger charge is -2.37. The zero-order valence-corrected chi connectivity index (χ0v) is 17.9. The maximum Gasteiger partial charge on any atom is 0.330 e. The van der Waals surface area contributed by atoms with Gasteiger partial charge in [-0.3, -0.25) is 0 Å². The second kappa shape index (κ2) is 9.54. The summed E-state index contributed by atoms with van der Waals surface area (Å²) in [6.07, 6.45) is 19.9. The Morgan fingerprint density at radius 3 is 2.68 bits per heavy atom. The summed E-state index contributed by atoms with van der Waals surface area (Å²) in [4.78, 5) is 15.4. The number of ether oxygens (including phenoxy) is 1. The molecule has 4 heteroatoms. The van der Waals surface area contributed by atoms with Crippen molar-refractivity contribution in [1.29, 1.82) is 0 Å². The van der Waals surface area contributed by atoms with Crippen LogP contribution in [0.15, 0.2) is 77.5 Å². The van der Waals surface area contributed by atoms with Gasteiger partial charge in [0.05, 0.1) is 19.5 Å². The molecule has 0 saturated carbocycles. The Morgan fingerprint density at radius 1 is 1.29 bits per heavy atom. The van der Waals surface area contributed by atoms with E-state index in [2.05, 4.69) is 54.1 Å². The van der Waals surface area contributed by atoms with Crippen LogP contribution >= 0.6 is 0 Å². The summed E-state index contributed by atoms with van der Waals surface area (Å²) in [6, 6.07) is 0.380. The van der Waals surface area contributed by atoms with E-state index < -0.39 is 0 Å². The number of nitrogens with zero attached hydrogens (tertiary/aromatic N) is 2. The van der Waals surface area contributed by atoms with E-state index >= 15 is 0 Å². The van der Waals surface area contributed by atoms with Gasteiger partial charge in [0, 0.05) is 18.5 Å². The third-order valence-electron chi connectivity index (χ3n) is 5.36. The highest BCUT2D eigenvalue weighted by Crippen LogP contribution is 2.45. The van der Waals surface area contributed by atoms with Crippen LogP contribution in [0, 0.1) is 5.41 Å². The lowest BCUT2D eigenvalue weighted by atomic mass is 9.71. The largest absolute Gasteiger partial charge is 0.466 e. The molecule has 28 heavy (non-hydrogen) atoms. The van der Waals surface area contributed by atoms with Crippen LogP contribution in [0.25, 0.3) is 0 Å². The van der Waals surface area contributed by atoms with Gasteiger partial charge in [-0.25, -0.2) is 9.78 Å². The van der Waals surface area contributed by atoms with Crippen LogP contribution in [0.4, 0.5) is 0 Å². The van der Waals surface area contributed by atoms with Crippen molar-refractivity contribution in [2.24, 2.45) is 5.41 Å². The highest BCUT2D eigenvalue weighted by atomic mass is 16.5. The number of aromatic nitrogens is 2. The Hall–Kier alpha value is -2.62. The third kappa shape index (κ3) is 5.69. The molecule has 1 aromatic heterocycles. The molecule has 0 saturated heterocycles. The van der Waals surface area contributed by atoms with Gasteiger partial charge in [0.2, 0.25) is 0 Å². The number of carbonyl (C=O) groups excluding carboxylic acids is 1. The Labute approximate surface area is 169 Å². The molecule has 0 N–H and O–H groups in total. The molecule has 0 aromatic carbocycles. The fourth-order valence-electron chi connectivity index (χ4n) is 3.66. The van der Waals surface area contributed by atoms with Crippen LogP contribution in [-0.4, -0.2) is 22.6 Å². The van der Waals surface area contributed by atoms with Crippen molar-refractivity contribution in [3.63, 3.8) is 0 Å². The molecule has 1 aliphatic carbocycles. The Morgan fingerprint density at radius 2 is 2.04 bits per heavy atom. The van der Waals surface area contributed by atoms with Crippen molar-refractivity contribution >= 4 is 5.97 Å². The molecule has 1 aliphatic rings. The van der Waals surface area contributed by atoms with E-state index in [0.29, 0.717) is 6.04 Å². The number of imidazole rings is 1. The van der Waals surface area contributed by atoms with Gasteiger partial charge in [0.25, 0.3) is 0 Å². The van der Waals surface area contributed by atoms with Gasteiger partial charge in [0.15, 0.2) is 0 Å². The van der Waals surface area contributed by atoms with Crippen molar-refractivity contribution in [2.75, 3.05) is 7.11 Å². The lowest BCUT2D eigenvalue weighted by molar-refractivity contribution is -0.134. The highest BCUT2D eigenvalue weighted by molar-refractivity contribution is 5.83. The van der Waals surface area contributed by atoms with Crippen molar-refractivity contribution in [1.82, 2.24) is 9.55 Å². The molecule has 150 valence electrons. The van der Waals surface area contributed by atoms with Gasteiger partial charge < -0.3 is 9.30 Å². The van der Waals surface area contributed by atoms with E-state index in [1.165, 1.54) is 24.3 Å². The zero-order valence-electron chi connectivity index (χ0n) is 17.9. The third-order valence-corrected chi connectivity index (χ3v) is 5.36. The summed E-state index contributed by atoms with van der Waals surface area (Å²) >= 11 is 0. The first kappa shape index (κ1) is 21.7. The second-order valence-electron chi connectivity index (χ2n) is 8.06. The average molecular weight is 381 g/mol. The Kier molecular flexibility index (Phi) is 7.38. The molecular formula is C24H32N2O2. The SMILES string of the molecule is COC(=O)\C=C(C)/C=C/C=C(C)/C=C/C1=C(C)C(n2ccnc2)CCC1(C)C. The monoisotopic (exact) mass is 380 g/mol. The van der Waals surface area contributed by atoms with Crippen molar-refractivity contribution in [2.45, 2.75) is 53.5 Å². The van der Waals surface area contributed by atoms with Crippen LogP contribution < -0.4 is 0 Å². The Balaban J connectivity index is 2.18. The van der Waals surface area contributed by atoms with Crippen LogP contribution in [-0.2, 0) is 9.53 Å². The maximum absolute atomic E-state index is 11.2. The molecule has 0 spiro atoms. The Bertz CT molecular complexity index is 834. The van der Waals surface area contributed by atoms with E-state index in [9.17, 15) is 4.79 Å². The smallest absolute Gasteiger partial charge is 0.330 e. The number of hydrogen-bond donors (Lipinski definition) is 0. The normalized spacial score (nSPS) is 21.0. The predicted molar refractivity (Wildman–Crippen MR) is 115 cm³/mol. The van der Waals surface area contributed by atoms with E-state index in [1.54, 1.807) is 0 Å². The van der Waals surface area contributed by atoms with Gasteiger partial charge in [-0.1, -0.05) is 49.8 Å². The molecule has 0 aliphatic heterocycles. The van der Waals surface area contributed by atoms with E-state index in [-0.39, 0.29) is 11.4 Å². The van der Waals surface area contributed by atoms with Gasteiger partial charge in [-0.15, -0.1) is 0 Å². The molecule has 0 fully saturated rings. The molecule has 0 bridgehead atoms.